The highest BCUT2D eigenvalue weighted by Crippen LogP contribution is 2.40. The van der Waals surface area contributed by atoms with E-state index in [2.05, 4.69) is 4.68 Å². The Balaban J connectivity index is 1.85. The molecule has 0 radical (unpaired) electrons. The number of hydrogen-bond acceptors (Lipinski definition) is 2. The lowest BCUT2D eigenvalue weighted by Crippen LogP contribution is -1.95. The number of halogens is 1. The van der Waals surface area contributed by atoms with Crippen LogP contribution in [0, 0.1) is 12.7 Å². The van der Waals surface area contributed by atoms with Crippen molar-refractivity contribution >= 4 is 10.8 Å². The van der Waals surface area contributed by atoms with Crippen LogP contribution in [0.2, 0.25) is 0 Å². The van der Waals surface area contributed by atoms with Gasteiger partial charge in [0.2, 0.25) is 0 Å². The second-order valence-corrected chi connectivity index (χ2v) is 6.80. The molecule has 0 bridgehead atoms. The predicted molar refractivity (Wildman–Crippen MR) is 101 cm³/mol. The van der Waals surface area contributed by atoms with Crippen molar-refractivity contribution in [1.82, 2.24) is 14.8 Å². The van der Waals surface area contributed by atoms with Gasteiger partial charge in [-0.1, -0.05) is 36.4 Å². The van der Waals surface area contributed by atoms with Crippen LogP contribution in [0.4, 0.5) is 4.39 Å². The molecule has 2 aromatic carbocycles. The molecule has 128 valence electrons. The minimum absolute atomic E-state index is 0.191. The van der Waals surface area contributed by atoms with Gasteiger partial charge in [-0.3, -0.25) is 9.67 Å². The SMILES string of the molecule is Cc1cccc(-c2nn3c(c2-c2ccc(F)c4ccccc24)CCC3)n1. The highest BCUT2D eigenvalue weighted by molar-refractivity contribution is 6.00. The molecule has 0 atom stereocenters. The summed E-state index contributed by atoms with van der Waals surface area (Å²) in [5.74, 6) is -0.191. The Kier molecular flexibility index (Phi) is 3.38. The molecule has 4 aromatic rings. The van der Waals surface area contributed by atoms with E-state index in [4.69, 9.17) is 10.1 Å². The van der Waals surface area contributed by atoms with Crippen molar-refractivity contribution in [3.63, 3.8) is 0 Å². The Morgan fingerprint density at radius 1 is 0.962 bits per heavy atom. The first-order valence-corrected chi connectivity index (χ1v) is 8.94. The Hall–Kier alpha value is -3.01. The average molecular weight is 343 g/mol. The van der Waals surface area contributed by atoms with Crippen molar-refractivity contribution in [2.75, 3.05) is 0 Å². The third-order valence-electron chi connectivity index (χ3n) is 5.11. The molecule has 1 aliphatic rings. The van der Waals surface area contributed by atoms with Crippen molar-refractivity contribution in [2.24, 2.45) is 0 Å². The summed E-state index contributed by atoms with van der Waals surface area (Å²) in [6, 6.07) is 17.1. The van der Waals surface area contributed by atoms with E-state index in [1.807, 2.05) is 55.5 Å². The molecule has 2 aromatic heterocycles. The van der Waals surface area contributed by atoms with Gasteiger partial charge in [0.15, 0.2) is 0 Å². The van der Waals surface area contributed by atoms with Crippen molar-refractivity contribution in [3.8, 4) is 22.5 Å². The molecule has 0 N–H and O–H groups in total. The fourth-order valence-electron chi connectivity index (χ4n) is 3.95. The van der Waals surface area contributed by atoms with E-state index in [9.17, 15) is 4.39 Å². The van der Waals surface area contributed by atoms with Gasteiger partial charge in [0.25, 0.3) is 0 Å². The van der Waals surface area contributed by atoms with Gasteiger partial charge >= 0.3 is 0 Å². The molecule has 0 unspecified atom stereocenters. The minimum atomic E-state index is -0.191. The van der Waals surface area contributed by atoms with Gasteiger partial charge in [0, 0.05) is 28.9 Å². The molecule has 0 saturated carbocycles. The fourth-order valence-corrected chi connectivity index (χ4v) is 3.95. The fraction of sp³-hybridized carbons (Fsp3) is 0.182. The van der Waals surface area contributed by atoms with Crippen molar-refractivity contribution < 1.29 is 4.39 Å². The highest BCUT2D eigenvalue weighted by Gasteiger charge is 2.25. The summed E-state index contributed by atoms with van der Waals surface area (Å²) >= 11 is 0. The monoisotopic (exact) mass is 343 g/mol. The molecule has 0 fully saturated rings. The molecule has 3 nitrogen and oxygen atoms in total. The van der Waals surface area contributed by atoms with Crippen LogP contribution in [0.3, 0.4) is 0 Å². The van der Waals surface area contributed by atoms with E-state index in [1.165, 1.54) is 5.69 Å². The van der Waals surface area contributed by atoms with Gasteiger partial charge in [0.1, 0.15) is 11.5 Å². The van der Waals surface area contributed by atoms with Crippen LogP contribution < -0.4 is 0 Å². The first-order chi connectivity index (χ1) is 12.7. The van der Waals surface area contributed by atoms with Gasteiger partial charge in [-0.25, -0.2) is 4.39 Å². The third-order valence-corrected chi connectivity index (χ3v) is 5.11. The van der Waals surface area contributed by atoms with E-state index in [0.717, 1.165) is 53.0 Å². The summed E-state index contributed by atoms with van der Waals surface area (Å²) in [4.78, 5) is 4.69. The largest absolute Gasteiger partial charge is 0.268 e. The van der Waals surface area contributed by atoms with E-state index >= 15 is 0 Å². The lowest BCUT2D eigenvalue weighted by Gasteiger charge is -2.10. The molecule has 26 heavy (non-hydrogen) atoms. The van der Waals surface area contributed by atoms with Crippen LogP contribution in [0.1, 0.15) is 17.8 Å². The molecule has 0 amide bonds. The van der Waals surface area contributed by atoms with Crippen LogP contribution in [0.25, 0.3) is 33.3 Å². The molecule has 3 heterocycles. The Bertz CT molecular complexity index is 1140. The number of aryl methyl sites for hydroxylation is 2. The Morgan fingerprint density at radius 2 is 1.81 bits per heavy atom. The maximum absolute atomic E-state index is 14.3. The van der Waals surface area contributed by atoms with Gasteiger partial charge in [0.05, 0.1) is 5.69 Å². The van der Waals surface area contributed by atoms with Crippen LogP contribution in [0.15, 0.2) is 54.6 Å². The van der Waals surface area contributed by atoms with Crippen LogP contribution >= 0.6 is 0 Å². The zero-order valence-corrected chi connectivity index (χ0v) is 14.5. The van der Waals surface area contributed by atoms with Crippen LogP contribution in [-0.4, -0.2) is 14.8 Å². The summed E-state index contributed by atoms with van der Waals surface area (Å²) in [6.07, 6.45) is 2.08. The van der Waals surface area contributed by atoms with Crippen molar-refractivity contribution in [2.45, 2.75) is 26.3 Å². The topological polar surface area (TPSA) is 30.7 Å². The Morgan fingerprint density at radius 3 is 2.65 bits per heavy atom. The summed E-state index contributed by atoms with van der Waals surface area (Å²) in [6.45, 7) is 2.91. The van der Waals surface area contributed by atoms with Gasteiger partial charge in [-0.15, -0.1) is 0 Å². The van der Waals surface area contributed by atoms with E-state index in [0.29, 0.717) is 5.39 Å². The van der Waals surface area contributed by atoms with E-state index < -0.39 is 0 Å². The number of pyridine rings is 1. The van der Waals surface area contributed by atoms with Crippen molar-refractivity contribution in [3.05, 3.63) is 71.8 Å². The molecule has 1 aliphatic heterocycles. The van der Waals surface area contributed by atoms with Crippen LogP contribution in [0.5, 0.6) is 0 Å². The average Bonchev–Trinajstić information content (AvgIpc) is 3.24. The number of aromatic nitrogens is 3. The quantitative estimate of drug-likeness (QED) is 0.503. The van der Waals surface area contributed by atoms with Gasteiger partial charge < -0.3 is 0 Å². The first-order valence-electron chi connectivity index (χ1n) is 8.94. The normalized spacial score (nSPS) is 13.3. The molecule has 5 rings (SSSR count). The third kappa shape index (κ3) is 2.25. The minimum Gasteiger partial charge on any atom is -0.268 e. The number of rotatable bonds is 2. The highest BCUT2D eigenvalue weighted by atomic mass is 19.1. The lowest BCUT2D eigenvalue weighted by molar-refractivity contribution is 0.640. The number of nitrogens with zero attached hydrogens (tertiary/aromatic N) is 3. The van der Waals surface area contributed by atoms with Gasteiger partial charge in [-0.05, 0) is 48.9 Å². The molecular weight excluding hydrogens is 325 g/mol. The second-order valence-electron chi connectivity index (χ2n) is 6.80. The zero-order valence-electron chi connectivity index (χ0n) is 14.5. The number of benzene rings is 2. The molecular formula is C22H18FN3. The first kappa shape index (κ1) is 15.3. The predicted octanol–water partition coefficient (Wildman–Crippen LogP) is 5.16. The lowest BCUT2D eigenvalue weighted by atomic mass is 9.94. The molecule has 0 saturated heterocycles. The maximum atomic E-state index is 14.3. The zero-order chi connectivity index (χ0) is 17.7. The Labute approximate surface area is 151 Å². The van der Waals surface area contributed by atoms with Gasteiger partial charge in [-0.2, -0.15) is 5.10 Å². The standard InChI is InChI=1S/C22H18FN3/c1-14-6-4-9-19(24-14)22-21(20-10-5-13-26(20)25-22)17-11-12-18(23)16-8-3-2-7-15(16)17/h2-4,6-9,11-12H,5,10,13H2,1H3. The van der Waals surface area contributed by atoms with E-state index in [1.54, 1.807) is 6.07 Å². The number of hydrogen-bond donors (Lipinski definition) is 0. The number of fused-ring (bicyclic) bond motifs is 2. The molecule has 4 heteroatoms. The molecule has 0 aliphatic carbocycles. The van der Waals surface area contributed by atoms with Crippen molar-refractivity contribution in [1.29, 1.82) is 0 Å². The summed E-state index contributed by atoms with van der Waals surface area (Å²) in [7, 11) is 0. The molecule has 0 spiro atoms. The second kappa shape index (κ2) is 5.77. The van der Waals surface area contributed by atoms with E-state index in [-0.39, 0.29) is 5.82 Å². The summed E-state index contributed by atoms with van der Waals surface area (Å²) in [5.41, 5.74) is 6.07. The van der Waals surface area contributed by atoms with Crippen LogP contribution in [-0.2, 0) is 13.0 Å². The summed E-state index contributed by atoms with van der Waals surface area (Å²) < 4.78 is 16.4. The smallest absolute Gasteiger partial charge is 0.131 e. The summed E-state index contributed by atoms with van der Waals surface area (Å²) in [5, 5.41) is 6.43. The maximum Gasteiger partial charge on any atom is 0.131 e.